The highest BCUT2D eigenvalue weighted by Crippen LogP contribution is 2.46. The monoisotopic (exact) mass is 653 g/mol. The average molecular weight is 654 g/mol. The van der Waals surface area contributed by atoms with E-state index in [1.165, 1.54) is 0 Å². The summed E-state index contributed by atoms with van der Waals surface area (Å²) in [6.07, 6.45) is 15.9. The molecular weight excluding hydrogens is 623 g/mol. The second-order valence-electron chi connectivity index (χ2n) is 13.4. The zero-order valence-electron chi connectivity index (χ0n) is 27.7. The van der Waals surface area contributed by atoms with E-state index in [0.717, 1.165) is 61.0 Å². The van der Waals surface area contributed by atoms with Crippen molar-refractivity contribution in [2.45, 2.75) is 18.5 Å². The van der Waals surface area contributed by atoms with Crippen molar-refractivity contribution in [3.8, 4) is 46.1 Å². The highest BCUT2D eigenvalue weighted by Gasteiger charge is 2.46. The van der Waals surface area contributed by atoms with Crippen LogP contribution in [-0.2, 0) is 0 Å². The van der Waals surface area contributed by atoms with Gasteiger partial charge in [0.25, 0.3) is 0 Å². The number of aromatic nitrogens is 1. The fraction of sp³-hybridized carbons (Fsp3) is 0.109. The minimum atomic E-state index is 0.0611. The number of hydrogen-bond donors (Lipinski definition) is 0. The van der Waals surface area contributed by atoms with Gasteiger partial charge in [0.1, 0.15) is 0 Å². The van der Waals surface area contributed by atoms with Gasteiger partial charge in [-0.1, -0.05) is 103 Å². The summed E-state index contributed by atoms with van der Waals surface area (Å²) in [4.78, 5) is 2.43. The molecule has 3 aliphatic rings. The van der Waals surface area contributed by atoms with Gasteiger partial charge in [-0.25, -0.2) is 0 Å². The highest BCUT2D eigenvalue weighted by atomic mass is 15.2. The van der Waals surface area contributed by atoms with Crippen molar-refractivity contribution in [1.29, 1.82) is 15.8 Å². The van der Waals surface area contributed by atoms with Crippen LogP contribution < -0.4 is 4.90 Å². The molecule has 6 aromatic rings. The first-order valence-electron chi connectivity index (χ1n) is 17.2. The van der Waals surface area contributed by atoms with Crippen LogP contribution in [-0.4, -0.2) is 16.7 Å². The quantitative estimate of drug-likeness (QED) is 0.177. The standard InChI is InChI=1S/C46H31N5/c47-27-30-9-7-18-45-41(23-30)39-14-3-5-16-43(39)50(45)36-22-32(29-49)21-35(26-36)33-10-8-11-34(25-33)37-12-1-4-15-42(37)51-44-17-6-2-13-38(44)40-20-19-31(28-48)24-46(40)51/h1-8,10-26,39,41,43,45H,9H2. The van der Waals surface area contributed by atoms with Crippen LogP contribution in [0.5, 0.6) is 0 Å². The molecule has 5 heteroatoms. The van der Waals surface area contributed by atoms with Gasteiger partial charge in [-0.15, -0.1) is 0 Å². The SMILES string of the molecule is N#CC1=CC2C3C=CC=CC3N(c3cc(C#N)cc(-c4cccc(-c5ccccc5-n5c6ccccc6c6ccc(C#N)cc65)c4)c3)C2C=CC1. The molecule has 1 aromatic heterocycles. The summed E-state index contributed by atoms with van der Waals surface area (Å²) in [5.41, 5.74) is 10.2. The Labute approximate surface area is 296 Å². The Bertz CT molecular complexity index is 2650. The van der Waals surface area contributed by atoms with E-state index < -0.39 is 0 Å². The molecule has 1 saturated heterocycles. The number of nitrogens with zero attached hydrogens (tertiary/aromatic N) is 5. The van der Waals surface area contributed by atoms with Crippen LogP contribution in [0.25, 0.3) is 49.7 Å². The molecule has 5 nitrogen and oxygen atoms in total. The van der Waals surface area contributed by atoms with Crippen LogP contribution in [0.15, 0.2) is 157 Å². The van der Waals surface area contributed by atoms with Crippen LogP contribution in [0, 0.1) is 45.8 Å². The maximum Gasteiger partial charge on any atom is 0.0992 e. The number of allylic oxidation sites excluding steroid dienone is 4. The van der Waals surface area contributed by atoms with Gasteiger partial charge in [-0.3, -0.25) is 0 Å². The fourth-order valence-corrected chi connectivity index (χ4v) is 8.42. The first-order valence-corrected chi connectivity index (χ1v) is 17.2. The van der Waals surface area contributed by atoms with E-state index in [4.69, 9.17) is 0 Å². The number of hydrogen-bond acceptors (Lipinski definition) is 4. The molecule has 2 aliphatic carbocycles. The van der Waals surface area contributed by atoms with Crippen molar-refractivity contribution < 1.29 is 0 Å². The summed E-state index contributed by atoms with van der Waals surface area (Å²) in [6.45, 7) is 0. The summed E-state index contributed by atoms with van der Waals surface area (Å²) in [5.74, 6) is 0.383. The lowest BCUT2D eigenvalue weighted by molar-refractivity contribution is 0.529. The van der Waals surface area contributed by atoms with E-state index in [9.17, 15) is 15.8 Å². The highest BCUT2D eigenvalue weighted by molar-refractivity contribution is 6.10. The molecule has 2 heterocycles. The van der Waals surface area contributed by atoms with Crippen LogP contribution in [0.2, 0.25) is 0 Å². The zero-order chi connectivity index (χ0) is 34.5. The second-order valence-corrected chi connectivity index (χ2v) is 13.4. The number of fused-ring (bicyclic) bond motifs is 6. The predicted molar refractivity (Wildman–Crippen MR) is 204 cm³/mol. The Balaban J connectivity index is 1.17. The molecule has 0 bridgehead atoms. The van der Waals surface area contributed by atoms with E-state index in [0.29, 0.717) is 17.5 Å². The molecule has 240 valence electrons. The lowest BCUT2D eigenvalue weighted by Crippen LogP contribution is -2.36. The maximum absolute atomic E-state index is 10.3. The molecule has 0 radical (unpaired) electrons. The molecule has 5 aromatic carbocycles. The molecule has 4 atom stereocenters. The lowest BCUT2D eigenvalue weighted by atomic mass is 9.84. The minimum Gasteiger partial charge on any atom is -0.357 e. The predicted octanol–water partition coefficient (Wildman–Crippen LogP) is 10.2. The smallest absolute Gasteiger partial charge is 0.0992 e. The summed E-state index contributed by atoms with van der Waals surface area (Å²) < 4.78 is 2.26. The van der Waals surface area contributed by atoms with Crippen molar-refractivity contribution in [2.75, 3.05) is 4.90 Å². The normalized spacial score (nSPS) is 20.3. The summed E-state index contributed by atoms with van der Waals surface area (Å²) in [5, 5.41) is 32.1. The third-order valence-corrected chi connectivity index (χ3v) is 10.6. The van der Waals surface area contributed by atoms with Gasteiger partial charge < -0.3 is 9.47 Å². The molecule has 0 amide bonds. The Morgan fingerprint density at radius 1 is 0.569 bits per heavy atom. The molecule has 0 spiro atoms. The van der Waals surface area contributed by atoms with E-state index >= 15 is 0 Å². The number of nitriles is 3. The van der Waals surface area contributed by atoms with Crippen molar-refractivity contribution >= 4 is 27.5 Å². The Morgan fingerprint density at radius 2 is 1.35 bits per heavy atom. The van der Waals surface area contributed by atoms with Crippen molar-refractivity contribution in [3.05, 3.63) is 168 Å². The largest absolute Gasteiger partial charge is 0.357 e. The van der Waals surface area contributed by atoms with Gasteiger partial charge in [-0.2, -0.15) is 15.8 Å². The van der Waals surface area contributed by atoms with Crippen LogP contribution in [0.3, 0.4) is 0 Å². The fourth-order valence-electron chi connectivity index (χ4n) is 8.42. The average Bonchev–Trinajstić information content (AvgIpc) is 3.59. The van der Waals surface area contributed by atoms with Crippen LogP contribution >= 0.6 is 0 Å². The van der Waals surface area contributed by atoms with E-state index in [1.807, 2.05) is 30.3 Å². The van der Waals surface area contributed by atoms with E-state index in [-0.39, 0.29) is 23.9 Å². The molecule has 51 heavy (non-hydrogen) atoms. The first-order chi connectivity index (χ1) is 25.1. The Kier molecular flexibility index (Phi) is 7.24. The van der Waals surface area contributed by atoms with Gasteiger partial charge in [0.15, 0.2) is 0 Å². The Hall–Kier alpha value is -6.87. The topological polar surface area (TPSA) is 79.5 Å². The summed E-state index contributed by atoms with van der Waals surface area (Å²) in [7, 11) is 0. The molecule has 0 N–H and O–H groups in total. The second kappa shape index (κ2) is 12.2. The van der Waals surface area contributed by atoms with Crippen LogP contribution in [0.1, 0.15) is 17.5 Å². The number of para-hydroxylation sites is 2. The zero-order valence-corrected chi connectivity index (χ0v) is 27.7. The summed E-state index contributed by atoms with van der Waals surface area (Å²) >= 11 is 0. The molecule has 1 aliphatic heterocycles. The minimum absolute atomic E-state index is 0.0611. The van der Waals surface area contributed by atoms with Crippen LogP contribution in [0.4, 0.5) is 5.69 Å². The molecule has 0 saturated carbocycles. The van der Waals surface area contributed by atoms with Crippen molar-refractivity contribution in [3.63, 3.8) is 0 Å². The number of rotatable bonds is 4. The van der Waals surface area contributed by atoms with Crippen molar-refractivity contribution in [2.24, 2.45) is 11.8 Å². The van der Waals surface area contributed by atoms with Gasteiger partial charge in [0.05, 0.1) is 58.1 Å². The number of anilines is 1. The van der Waals surface area contributed by atoms with Gasteiger partial charge in [0.2, 0.25) is 0 Å². The summed E-state index contributed by atoms with van der Waals surface area (Å²) in [6, 6.07) is 44.7. The molecular formula is C46H31N5. The Morgan fingerprint density at radius 3 is 2.24 bits per heavy atom. The third-order valence-electron chi connectivity index (χ3n) is 10.6. The van der Waals surface area contributed by atoms with Crippen molar-refractivity contribution in [1.82, 2.24) is 4.57 Å². The van der Waals surface area contributed by atoms with E-state index in [2.05, 4.69) is 149 Å². The first kappa shape index (κ1) is 30.2. The third kappa shape index (κ3) is 4.97. The van der Waals surface area contributed by atoms with Gasteiger partial charge >= 0.3 is 0 Å². The maximum atomic E-state index is 10.3. The number of benzene rings is 5. The molecule has 4 unspecified atom stereocenters. The molecule has 9 rings (SSSR count). The lowest BCUT2D eigenvalue weighted by Gasteiger charge is -2.32. The van der Waals surface area contributed by atoms with Gasteiger partial charge in [0, 0.05) is 45.9 Å². The van der Waals surface area contributed by atoms with E-state index in [1.54, 1.807) is 0 Å². The molecule has 1 fully saturated rings. The van der Waals surface area contributed by atoms with Gasteiger partial charge in [-0.05, 0) is 65.2 Å².